The average molecular weight is 331 g/mol. The van der Waals surface area contributed by atoms with Gasteiger partial charge in [0.1, 0.15) is 5.54 Å². The van der Waals surface area contributed by atoms with E-state index >= 15 is 0 Å². The van der Waals surface area contributed by atoms with Crippen LogP contribution in [0.4, 0.5) is 5.69 Å². The maximum Gasteiger partial charge on any atom is 0.249 e. The Hall–Kier alpha value is -2.04. The third-order valence-electron chi connectivity index (χ3n) is 4.40. The zero-order valence-electron chi connectivity index (χ0n) is 15.2. The van der Waals surface area contributed by atoms with Crippen molar-refractivity contribution in [3.63, 3.8) is 0 Å². The van der Waals surface area contributed by atoms with Gasteiger partial charge in [0.05, 0.1) is 6.54 Å². The predicted octanol–water partition coefficient (Wildman–Crippen LogP) is 2.59. The molecule has 0 spiro atoms. The number of likely N-dealkylation sites (N-methyl/N-ethyl adjacent to an activating group) is 1. The van der Waals surface area contributed by atoms with Crippen molar-refractivity contribution >= 4 is 17.5 Å². The Bertz CT molecular complexity index is 571. The number of carbonyl (C=O) groups excluding carboxylic acids is 2. The maximum absolute atomic E-state index is 12.9. The van der Waals surface area contributed by atoms with Crippen LogP contribution in [0.25, 0.3) is 0 Å². The molecule has 24 heavy (non-hydrogen) atoms. The first kappa shape index (κ1) is 18.3. The summed E-state index contributed by atoms with van der Waals surface area (Å²) in [4.78, 5) is 28.9. The second kappa shape index (κ2) is 7.69. The number of piperidine rings is 1. The largest absolute Gasteiger partial charge is 0.370 e. The van der Waals surface area contributed by atoms with Crippen molar-refractivity contribution in [2.24, 2.45) is 5.92 Å². The van der Waals surface area contributed by atoms with Gasteiger partial charge in [-0.3, -0.25) is 9.59 Å². The summed E-state index contributed by atoms with van der Waals surface area (Å²) in [6.07, 6.45) is 2.07. The smallest absolute Gasteiger partial charge is 0.249 e. The summed E-state index contributed by atoms with van der Waals surface area (Å²) in [6, 6.07) is 9.76. The zero-order valence-corrected chi connectivity index (χ0v) is 15.2. The number of nitrogens with zero attached hydrogens (tertiary/aromatic N) is 2. The lowest BCUT2D eigenvalue weighted by Gasteiger charge is -2.44. The van der Waals surface area contributed by atoms with Crippen LogP contribution in [0.1, 0.15) is 33.1 Å². The van der Waals surface area contributed by atoms with Crippen molar-refractivity contribution in [2.45, 2.75) is 38.6 Å². The quantitative estimate of drug-likeness (QED) is 0.902. The molecule has 132 valence electrons. The van der Waals surface area contributed by atoms with Crippen molar-refractivity contribution in [2.75, 3.05) is 32.5 Å². The first-order valence-electron chi connectivity index (χ1n) is 8.67. The third-order valence-corrected chi connectivity index (χ3v) is 4.40. The molecule has 2 rings (SSSR count). The van der Waals surface area contributed by atoms with Gasteiger partial charge in [0, 0.05) is 32.7 Å². The van der Waals surface area contributed by atoms with Crippen molar-refractivity contribution in [3.8, 4) is 0 Å². The number of rotatable bonds is 5. The van der Waals surface area contributed by atoms with Crippen LogP contribution in [0, 0.1) is 5.92 Å². The highest BCUT2D eigenvalue weighted by molar-refractivity contribution is 5.90. The Morgan fingerprint density at radius 3 is 2.50 bits per heavy atom. The number of likely N-dealkylation sites (tertiary alicyclic amines) is 1. The number of para-hydroxylation sites is 1. The predicted molar refractivity (Wildman–Crippen MR) is 96.8 cm³/mol. The molecule has 0 aliphatic carbocycles. The Morgan fingerprint density at radius 2 is 1.92 bits per heavy atom. The number of benzene rings is 1. The van der Waals surface area contributed by atoms with Crippen molar-refractivity contribution < 1.29 is 9.59 Å². The minimum absolute atomic E-state index is 0.0217. The van der Waals surface area contributed by atoms with Gasteiger partial charge < -0.3 is 15.1 Å². The molecule has 0 aromatic heterocycles. The minimum atomic E-state index is -0.754. The van der Waals surface area contributed by atoms with Crippen LogP contribution >= 0.6 is 0 Å². The molecule has 5 heteroatoms. The van der Waals surface area contributed by atoms with Crippen LogP contribution in [0.3, 0.4) is 0 Å². The molecular weight excluding hydrogens is 302 g/mol. The van der Waals surface area contributed by atoms with Gasteiger partial charge in [0.2, 0.25) is 11.8 Å². The zero-order chi connectivity index (χ0) is 17.7. The highest BCUT2D eigenvalue weighted by atomic mass is 16.2. The molecule has 1 aliphatic heterocycles. The Morgan fingerprint density at radius 1 is 1.25 bits per heavy atom. The highest BCUT2D eigenvalue weighted by Gasteiger charge is 2.44. The van der Waals surface area contributed by atoms with E-state index in [1.165, 1.54) is 0 Å². The van der Waals surface area contributed by atoms with E-state index in [2.05, 4.69) is 5.32 Å². The van der Waals surface area contributed by atoms with E-state index in [1.807, 2.05) is 49.1 Å². The fourth-order valence-corrected chi connectivity index (χ4v) is 3.30. The maximum atomic E-state index is 12.9. The Kier molecular flexibility index (Phi) is 5.86. The molecule has 1 unspecified atom stereocenters. The molecule has 1 fully saturated rings. The lowest BCUT2D eigenvalue weighted by atomic mass is 9.86. The summed E-state index contributed by atoms with van der Waals surface area (Å²) >= 11 is 0. The summed E-state index contributed by atoms with van der Waals surface area (Å²) in [5.74, 6) is 0.476. The number of carbonyl (C=O) groups is 2. The first-order chi connectivity index (χ1) is 11.3. The summed E-state index contributed by atoms with van der Waals surface area (Å²) in [7, 11) is 3.54. The van der Waals surface area contributed by atoms with Crippen LogP contribution in [0.15, 0.2) is 30.3 Å². The van der Waals surface area contributed by atoms with E-state index < -0.39 is 5.54 Å². The Labute approximate surface area is 145 Å². The number of hydrogen-bond donors (Lipinski definition) is 1. The monoisotopic (exact) mass is 331 g/mol. The van der Waals surface area contributed by atoms with E-state index in [4.69, 9.17) is 0 Å². The van der Waals surface area contributed by atoms with E-state index in [0.29, 0.717) is 18.9 Å². The van der Waals surface area contributed by atoms with Crippen molar-refractivity contribution in [3.05, 3.63) is 30.3 Å². The highest BCUT2D eigenvalue weighted by Crippen LogP contribution is 2.28. The molecule has 2 amide bonds. The molecule has 1 aliphatic rings. The second-order valence-electron chi connectivity index (χ2n) is 7.29. The number of anilines is 1. The van der Waals surface area contributed by atoms with Crippen LogP contribution in [-0.4, -0.2) is 54.3 Å². The molecule has 0 radical (unpaired) electrons. The molecule has 0 bridgehead atoms. The normalized spacial score (nSPS) is 20.8. The minimum Gasteiger partial charge on any atom is -0.370 e. The van der Waals surface area contributed by atoms with Crippen molar-refractivity contribution in [1.29, 1.82) is 0 Å². The average Bonchev–Trinajstić information content (AvgIpc) is 2.54. The topological polar surface area (TPSA) is 52.7 Å². The molecule has 1 aromatic rings. The second-order valence-corrected chi connectivity index (χ2v) is 7.29. The van der Waals surface area contributed by atoms with E-state index in [-0.39, 0.29) is 11.8 Å². The SMILES string of the molecule is CC(C)CC(=O)N1CCCC(Nc2ccccc2)(C(=O)N(C)C)C1. The van der Waals surface area contributed by atoms with Gasteiger partial charge in [0.25, 0.3) is 0 Å². The standard InChI is InChI=1S/C19H29N3O2/c1-15(2)13-17(23)22-12-8-11-19(14-22,18(24)21(3)4)20-16-9-6-5-7-10-16/h5-7,9-10,15,20H,8,11-14H2,1-4H3. The van der Waals surface area contributed by atoms with Gasteiger partial charge in [-0.05, 0) is 30.9 Å². The van der Waals surface area contributed by atoms with E-state index in [9.17, 15) is 9.59 Å². The third kappa shape index (κ3) is 4.28. The fourth-order valence-electron chi connectivity index (χ4n) is 3.30. The molecule has 1 N–H and O–H groups in total. The molecule has 5 nitrogen and oxygen atoms in total. The van der Waals surface area contributed by atoms with Gasteiger partial charge in [0.15, 0.2) is 0 Å². The lowest BCUT2D eigenvalue weighted by Crippen LogP contribution is -2.62. The first-order valence-corrected chi connectivity index (χ1v) is 8.67. The molecule has 1 atom stereocenters. The molecular formula is C19H29N3O2. The van der Waals surface area contributed by atoms with Gasteiger partial charge in [-0.1, -0.05) is 32.0 Å². The van der Waals surface area contributed by atoms with Crippen LogP contribution < -0.4 is 5.32 Å². The number of nitrogens with one attached hydrogen (secondary N) is 1. The van der Waals surface area contributed by atoms with Crippen LogP contribution in [-0.2, 0) is 9.59 Å². The van der Waals surface area contributed by atoms with Gasteiger partial charge >= 0.3 is 0 Å². The number of amides is 2. The molecule has 1 saturated heterocycles. The lowest BCUT2D eigenvalue weighted by molar-refractivity contribution is -0.140. The summed E-state index contributed by atoms with van der Waals surface area (Å²) in [5, 5.41) is 3.43. The number of hydrogen-bond acceptors (Lipinski definition) is 3. The molecule has 1 aromatic carbocycles. The summed E-state index contributed by atoms with van der Waals surface area (Å²) < 4.78 is 0. The fraction of sp³-hybridized carbons (Fsp3) is 0.579. The van der Waals surface area contributed by atoms with E-state index in [1.54, 1.807) is 19.0 Å². The van der Waals surface area contributed by atoms with Crippen LogP contribution in [0.5, 0.6) is 0 Å². The van der Waals surface area contributed by atoms with Gasteiger partial charge in [-0.15, -0.1) is 0 Å². The van der Waals surface area contributed by atoms with Gasteiger partial charge in [-0.2, -0.15) is 0 Å². The van der Waals surface area contributed by atoms with E-state index in [0.717, 1.165) is 25.1 Å². The Balaban J connectivity index is 2.25. The van der Waals surface area contributed by atoms with Crippen molar-refractivity contribution in [1.82, 2.24) is 9.80 Å². The van der Waals surface area contributed by atoms with Gasteiger partial charge in [-0.25, -0.2) is 0 Å². The van der Waals surface area contributed by atoms with Crippen LogP contribution in [0.2, 0.25) is 0 Å². The summed E-state index contributed by atoms with van der Waals surface area (Å²) in [6.45, 7) is 5.24. The molecule has 0 saturated carbocycles. The molecule has 1 heterocycles. The summed E-state index contributed by atoms with van der Waals surface area (Å²) in [5.41, 5.74) is 0.154.